The van der Waals surface area contributed by atoms with Crippen molar-refractivity contribution in [2.45, 2.75) is 33.1 Å². The van der Waals surface area contributed by atoms with Crippen LogP contribution in [0.3, 0.4) is 0 Å². The number of hydrogen-bond acceptors (Lipinski definition) is 7. The molecule has 4 rings (SSSR count). The molecule has 0 radical (unpaired) electrons. The largest absolute Gasteiger partial charge is 0.459 e. The fourth-order valence-electron chi connectivity index (χ4n) is 3.44. The lowest BCUT2D eigenvalue weighted by Crippen LogP contribution is -2.28. The van der Waals surface area contributed by atoms with Crippen molar-refractivity contribution in [3.05, 3.63) is 60.4 Å². The van der Waals surface area contributed by atoms with Gasteiger partial charge in [-0.2, -0.15) is 0 Å². The van der Waals surface area contributed by atoms with Gasteiger partial charge in [-0.05, 0) is 32.0 Å². The molecule has 0 aliphatic heterocycles. The number of aryl methyl sites for hydroxylation is 1. The summed E-state index contributed by atoms with van der Waals surface area (Å²) in [5.41, 5.74) is 4.43. The Labute approximate surface area is 176 Å². The smallest absolute Gasteiger partial charge is 0.156 e. The summed E-state index contributed by atoms with van der Waals surface area (Å²) in [5, 5.41) is 6.65. The molecule has 4 heterocycles. The van der Waals surface area contributed by atoms with E-state index in [1.54, 1.807) is 6.33 Å². The van der Waals surface area contributed by atoms with Crippen LogP contribution in [0.1, 0.15) is 32.1 Å². The van der Waals surface area contributed by atoms with Crippen molar-refractivity contribution in [3.8, 4) is 11.3 Å². The second-order valence-electron chi connectivity index (χ2n) is 7.92. The predicted molar refractivity (Wildman–Crippen MR) is 120 cm³/mol. The molecule has 0 atom stereocenters. The van der Waals surface area contributed by atoms with Crippen molar-refractivity contribution in [2.75, 3.05) is 23.7 Å². The molecular formula is C23H26N6O. The quantitative estimate of drug-likeness (QED) is 0.458. The Kier molecular flexibility index (Phi) is 5.35. The molecular weight excluding hydrogens is 376 g/mol. The lowest BCUT2D eigenvalue weighted by Gasteiger charge is -2.26. The summed E-state index contributed by atoms with van der Waals surface area (Å²) in [4.78, 5) is 17.6. The highest BCUT2D eigenvalue weighted by Crippen LogP contribution is 2.31. The number of nitrogens with zero attached hydrogens (tertiary/aromatic N) is 4. The van der Waals surface area contributed by atoms with E-state index in [9.17, 15) is 0 Å². The number of fused-ring (bicyclic) bond motifs is 1. The highest BCUT2D eigenvalue weighted by Gasteiger charge is 2.25. The van der Waals surface area contributed by atoms with Crippen molar-refractivity contribution in [3.63, 3.8) is 0 Å². The molecule has 0 aromatic carbocycles. The minimum atomic E-state index is -0.189. The molecule has 0 aliphatic rings. The first-order chi connectivity index (χ1) is 14.5. The van der Waals surface area contributed by atoms with Gasteiger partial charge < -0.3 is 15.1 Å². The average molecular weight is 403 g/mol. The molecule has 30 heavy (non-hydrogen) atoms. The van der Waals surface area contributed by atoms with E-state index in [0.717, 1.165) is 51.9 Å². The Morgan fingerprint density at radius 1 is 0.967 bits per heavy atom. The Hall–Kier alpha value is -3.48. The van der Waals surface area contributed by atoms with Crippen molar-refractivity contribution < 1.29 is 4.42 Å². The van der Waals surface area contributed by atoms with E-state index in [4.69, 9.17) is 4.42 Å². The van der Waals surface area contributed by atoms with Crippen molar-refractivity contribution in [1.29, 1.82) is 0 Å². The van der Waals surface area contributed by atoms with Crippen LogP contribution in [0.15, 0.2) is 53.5 Å². The molecule has 7 nitrogen and oxygen atoms in total. The van der Waals surface area contributed by atoms with E-state index in [2.05, 4.69) is 44.4 Å². The monoisotopic (exact) mass is 402 g/mol. The lowest BCUT2D eigenvalue weighted by molar-refractivity contribution is 0.526. The number of nitrogens with one attached hydrogen (secondary N) is 2. The zero-order valence-electron chi connectivity index (χ0n) is 17.7. The van der Waals surface area contributed by atoms with Gasteiger partial charge in [-0.15, -0.1) is 0 Å². The Bertz CT molecular complexity index is 1150. The maximum atomic E-state index is 5.91. The van der Waals surface area contributed by atoms with Crippen LogP contribution in [-0.4, -0.2) is 33.0 Å². The van der Waals surface area contributed by atoms with E-state index in [1.165, 1.54) is 0 Å². The van der Waals surface area contributed by atoms with Crippen LogP contribution in [0, 0.1) is 6.92 Å². The molecule has 0 unspecified atom stereocenters. The first-order valence-corrected chi connectivity index (χ1v) is 10.1. The number of hydrogen-bond donors (Lipinski definition) is 2. The molecule has 0 saturated carbocycles. The number of anilines is 2. The molecule has 0 fully saturated rings. The predicted octanol–water partition coefficient (Wildman–Crippen LogP) is 4.81. The zero-order valence-corrected chi connectivity index (χ0v) is 17.7. The summed E-state index contributed by atoms with van der Waals surface area (Å²) in [5.74, 6) is 2.49. The third kappa shape index (κ3) is 4.10. The van der Waals surface area contributed by atoms with Crippen molar-refractivity contribution >= 4 is 22.7 Å². The topological polar surface area (TPSA) is 88.8 Å². The van der Waals surface area contributed by atoms with Crippen LogP contribution in [0.5, 0.6) is 0 Å². The zero-order chi connectivity index (χ0) is 21.1. The van der Waals surface area contributed by atoms with Crippen LogP contribution in [-0.2, 0) is 5.41 Å². The third-order valence-electron chi connectivity index (χ3n) is 5.06. The summed E-state index contributed by atoms with van der Waals surface area (Å²) < 4.78 is 5.91. The van der Waals surface area contributed by atoms with Crippen LogP contribution < -0.4 is 10.6 Å². The van der Waals surface area contributed by atoms with E-state index in [1.807, 2.05) is 56.6 Å². The molecule has 0 amide bonds. The van der Waals surface area contributed by atoms with Gasteiger partial charge in [-0.1, -0.05) is 13.8 Å². The molecule has 7 heteroatoms. The highest BCUT2D eigenvalue weighted by atomic mass is 16.3. The Morgan fingerprint density at radius 2 is 1.83 bits per heavy atom. The average Bonchev–Trinajstić information content (AvgIpc) is 3.13. The van der Waals surface area contributed by atoms with Gasteiger partial charge in [0.05, 0.1) is 5.69 Å². The maximum Gasteiger partial charge on any atom is 0.156 e. The summed E-state index contributed by atoms with van der Waals surface area (Å²) >= 11 is 0. The van der Waals surface area contributed by atoms with E-state index in [0.29, 0.717) is 6.54 Å². The third-order valence-corrected chi connectivity index (χ3v) is 5.06. The molecule has 2 N–H and O–H groups in total. The van der Waals surface area contributed by atoms with Crippen LogP contribution in [0.2, 0.25) is 0 Å². The second-order valence-corrected chi connectivity index (χ2v) is 7.92. The van der Waals surface area contributed by atoms with E-state index in [-0.39, 0.29) is 5.41 Å². The molecule has 154 valence electrons. The van der Waals surface area contributed by atoms with Gasteiger partial charge in [-0.25, -0.2) is 15.0 Å². The Morgan fingerprint density at radius 3 is 2.60 bits per heavy atom. The number of aromatic nitrogens is 4. The van der Waals surface area contributed by atoms with Gasteiger partial charge in [0.15, 0.2) is 5.58 Å². The maximum absolute atomic E-state index is 5.91. The van der Waals surface area contributed by atoms with Gasteiger partial charge in [0.2, 0.25) is 0 Å². The van der Waals surface area contributed by atoms with Crippen LogP contribution in [0.25, 0.3) is 22.4 Å². The van der Waals surface area contributed by atoms with Gasteiger partial charge in [0.1, 0.15) is 29.2 Å². The molecule has 4 aromatic heterocycles. The summed E-state index contributed by atoms with van der Waals surface area (Å²) in [6, 6.07) is 9.90. The number of pyridine rings is 2. The van der Waals surface area contributed by atoms with Gasteiger partial charge in [0, 0.05) is 54.2 Å². The van der Waals surface area contributed by atoms with Gasteiger partial charge >= 0.3 is 0 Å². The van der Waals surface area contributed by atoms with Crippen LogP contribution in [0.4, 0.5) is 11.6 Å². The van der Waals surface area contributed by atoms with Crippen molar-refractivity contribution in [1.82, 2.24) is 19.9 Å². The van der Waals surface area contributed by atoms with E-state index >= 15 is 0 Å². The lowest BCUT2D eigenvalue weighted by atomic mass is 9.84. The van der Waals surface area contributed by atoms with Gasteiger partial charge in [-0.3, -0.25) is 4.98 Å². The van der Waals surface area contributed by atoms with Gasteiger partial charge in [0.25, 0.3) is 0 Å². The second kappa shape index (κ2) is 8.10. The highest BCUT2D eigenvalue weighted by molar-refractivity contribution is 5.78. The minimum absolute atomic E-state index is 0.189. The fraction of sp³-hybridized carbons (Fsp3) is 0.304. The first kappa shape index (κ1) is 19.8. The SMILES string of the molecule is CCNc1ccc(-c2cc(NCC(C)(C)c3ccnc4cc(C)oc34)ncn2)cn1. The standard InChI is InChI=1S/C23H26N6O/c1-5-24-20-7-6-16(12-26-20)18-11-21(29-14-28-18)27-13-23(3,4)17-8-9-25-19-10-15(2)30-22(17)19/h6-12,14H,5,13H2,1-4H3,(H,24,26)(H,27,28,29). The summed E-state index contributed by atoms with van der Waals surface area (Å²) in [6.45, 7) is 9.86. The number of furan rings is 1. The molecule has 0 bridgehead atoms. The van der Waals surface area contributed by atoms with Crippen LogP contribution >= 0.6 is 0 Å². The summed E-state index contributed by atoms with van der Waals surface area (Å²) in [6.07, 6.45) is 5.23. The minimum Gasteiger partial charge on any atom is -0.459 e. The molecule has 0 saturated heterocycles. The number of rotatable bonds is 7. The first-order valence-electron chi connectivity index (χ1n) is 10.1. The fourth-order valence-corrected chi connectivity index (χ4v) is 3.44. The Balaban J connectivity index is 1.52. The van der Waals surface area contributed by atoms with Crippen molar-refractivity contribution in [2.24, 2.45) is 0 Å². The molecule has 0 spiro atoms. The molecule has 0 aliphatic carbocycles. The molecule has 4 aromatic rings. The van der Waals surface area contributed by atoms with E-state index < -0.39 is 0 Å². The summed E-state index contributed by atoms with van der Waals surface area (Å²) in [7, 11) is 0. The normalized spacial score (nSPS) is 11.6.